The fourth-order valence-corrected chi connectivity index (χ4v) is 4.62. The van der Waals surface area contributed by atoms with Crippen molar-refractivity contribution < 1.29 is 5.11 Å². The maximum absolute atomic E-state index is 10.3. The van der Waals surface area contributed by atoms with Crippen molar-refractivity contribution in [1.82, 2.24) is 24.7 Å². The maximum atomic E-state index is 10.3. The molecule has 7 heteroatoms. The Hall–Kier alpha value is -1.73. The zero-order valence-electron chi connectivity index (χ0n) is 15.5. The van der Waals surface area contributed by atoms with Crippen LogP contribution in [0.1, 0.15) is 56.7 Å². The molecule has 2 unspecified atom stereocenters. The van der Waals surface area contributed by atoms with Crippen molar-refractivity contribution in [2.24, 2.45) is 0 Å². The molecule has 1 saturated heterocycles. The van der Waals surface area contributed by atoms with Gasteiger partial charge in [-0.05, 0) is 44.9 Å². The van der Waals surface area contributed by atoms with E-state index < -0.39 is 0 Å². The van der Waals surface area contributed by atoms with Gasteiger partial charge < -0.3 is 10.0 Å². The monoisotopic (exact) mass is 356 g/mol. The number of aliphatic hydroxyl groups excluding tert-OH is 1. The lowest BCUT2D eigenvalue weighted by molar-refractivity contribution is 0.00675. The van der Waals surface area contributed by atoms with E-state index >= 15 is 0 Å². The Morgan fingerprint density at radius 1 is 1.04 bits per heavy atom. The smallest absolute Gasteiger partial charge is 0.178 e. The predicted molar refractivity (Wildman–Crippen MR) is 99.4 cm³/mol. The Balaban J connectivity index is 1.28. The summed E-state index contributed by atoms with van der Waals surface area (Å²) in [6.45, 7) is 1.94. The molecule has 0 bridgehead atoms. The minimum absolute atomic E-state index is 0.167. The Morgan fingerprint density at radius 3 is 2.58 bits per heavy atom. The third kappa shape index (κ3) is 2.68. The highest BCUT2D eigenvalue weighted by molar-refractivity contribution is 5.48. The summed E-state index contributed by atoms with van der Waals surface area (Å²) in [5, 5.41) is 23.8. The SMILES string of the molecule is CN(C1CN(c2ccc3nnc(C4CCC4)n3n2)C1)C1CCCCC1O. The van der Waals surface area contributed by atoms with Crippen LogP contribution in [0.25, 0.3) is 5.65 Å². The lowest BCUT2D eigenvalue weighted by Gasteiger charge is -2.48. The summed E-state index contributed by atoms with van der Waals surface area (Å²) in [5.41, 5.74) is 0.843. The van der Waals surface area contributed by atoms with Crippen molar-refractivity contribution in [2.75, 3.05) is 25.0 Å². The molecular weight excluding hydrogens is 328 g/mol. The fraction of sp³-hybridized carbons (Fsp3) is 0.737. The minimum Gasteiger partial charge on any atom is -0.391 e. The highest BCUT2D eigenvalue weighted by Crippen LogP contribution is 2.35. The lowest BCUT2D eigenvalue weighted by atomic mass is 9.85. The van der Waals surface area contributed by atoms with E-state index in [-0.39, 0.29) is 6.10 Å². The molecule has 2 aliphatic carbocycles. The molecule has 7 nitrogen and oxygen atoms in total. The van der Waals surface area contributed by atoms with Gasteiger partial charge in [0.25, 0.3) is 0 Å². The lowest BCUT2D eigenvalue weighted by Crippen LogP contribution is -2.63. The number of anilines is 1. The molecular formula is C19H28N6O. The summed E-state index contributed by atoms with van der Waals surface area (Å²) >= 11 is 0. The summed E-state index contributed by atoms with van der Waals surface area (Å²) in [6, 6.07) is 4.89. The van der Waals surface area contributed by atoms with Gasteiger partial charge in [-0.25, -0.2) is 0 Å². The zero-order valence-corrected chi connectivity index (χ0v) is 15.5. The average Bonchev–Trinajstić information content (AvgIpc) is 2.95. The van der Waals surface area contributed by atoms with Gasteiger partial charge in [-0.2, -0.15) is 4.52 Å². The van der Waals surface area contributed by atoms with E-state index in [1.807, 2.05) is 10.6 Å². The van der Waals surface area contributed by atoms with Crippen molar-refractivity contribution in [3.8, 4) is 0 Å². The van der Waals surface area contributed by atoms with Crippen molar-refractivity contribution in [2.45, 2.75) is 69.1 Å². The summed E-state index contributed by atoms with van der Waals surface area (Å²) in [6.07, 6.45) is 7.98. The molecule has 140 valence electrons. The molecule has 0 aromatic carbocycles. The standard InChI is InChI=1S/C19H28N6O/c1-23(15-7-2-3-8-16(15)26)14-11-24(12-14)18-10-9-17-20-21-19(25(17)22-18)13-5-4-6-13/h9-10,13-16,26H,2-8,11-12H2,1H3. The number of aliphatic hydroxyl groups is 1. The van der Waals surface area contributed by atoms with Gasteiger partial charge in [0.05, 0.1) is 6.10 Å². The largest absolute Gasteiger partial charge is 0.391 e. The summed E-state index contributed by atoms with van der Waals surface area (Å²) in [7, 11) is 2.17. The first kappa shape index (κ1) is 16.4. The second kappa shape index (κ2) is 6.46. The molecule has 2 atom stereocenters. The van der Waals surface area contributed by atoms with Crippen molar-refractivity contribution in [1.29, 1.82) is 0 Å². The van der Waals surface area contributed by atoms with E-state index in [1.54, 1.807) is 0 Å². The first-order chi connectivity index (χ1) is 12.7. The molecule has 2 aromatic heterocycles. The quantitative estimate of drug-likeness (QED) is 0.901. The van der Waals surface area contributed by atoms with Crippen molar-refractivity contribution in [3.63, 3.8) is 0 Å². The van der Waals surface area contributed by atoms with Crippen LogP contribution in [0.15, 0.2) is 12.1 Å². The Kier molecular flexibility index (Phi) is 4.09. The molecule has 3 aliphatic rings. The Bertz CT molecular complexity index is 781. The Labute approximate surface area is 154 Å². The number of hydrogen-bond acceptors (Lipinski definition) is 6. The molecule has 1 N–H and O–H groups in total. The second-order valence-electron chi connectivity index (χ2n) is 8.29. The number of likely N-dealkylation sites (N-methyl/N-ethyl adjacent to an activating group) is 1. The number of fused-ring (bicyclic) bond motifs is 1. The minimum atomic E-state index is -0.167. The molecule has 26 heavy (non-hydrogen) atoms. The van der Waals surface area contributed by atoms with Gasteiger partial charge in [0.1, 0.15) is 5.82 Å². The molecule has 0 radical (unpaired) electrons. The summed E-state index contributed by atoms with van der Waals surface area (Å²) < 4.78 is 1.95. The number of nitrogens with zero attached hydrogens (tertiary/aromatic N) is 6. The van der Waals surface area contributed by atoms with Gasteiger partial charge in [-0.3, -0.25) is 4.90 Å². The summed E-state index contributed by atoms with van der Waals surface area (Å²) in [4.78, 5) is 4.72. The zero-order chi connectivity index (χ0) is 17.7. The van der Waals surface area contributed by atoms with Gasteiger partial charge in [-0.1, -0.05) is 19.3 Å². The molecule has 3 heterocycles. The van der Waals surface area contributed by atoms with E-state index in [9.17, 15) is 5.11 Å². The first-order valence-electron chi connectivity index (χ1n) is 10.1. The molecule has 2 aromatic rings. The van der Waals surface area contributed by atoms with Gasteiger partial charge in [0.15, 0.2) is 11.5 Å². The van der Waals surface area contributed by atoms with E-state index in [4.69, 9.17) is 5.10 Å². The van der Waals surface area contributed by atoms with Crippen molar-refractivity contribution >= 4 is 11.5 Å². The van der Waals surface area contributed by atoms with Crippen LogP contribution < -0.4 is 4.90 Å². The van der Waals surface area contributed by atoms with Crippen LogP contribution in [0, 0.1) is 0 Å². The normalized spacial score (nSPS) is 27.7. The molecule has 3 fully saturated rings. The van der Waals surface area contributed by atoms with Crippen LogP contribution in [-0.2, 0) is 0 Å². The number of aromatic nitrogens is 4. The Morgan fingerprint density at radius 2 is 1.85 bits per heavy atom. The van der Waals surface area contributed by atoms with Crippen LogP contribution in [0.2, 0.25) is 0 Å². The second-order valence-corrected chi connectivity index (χ2v) is 8.29. The van der Waals surface area contributed by atoms with Gasteiger partial charge in [0, 0.05) is 31.1 Å². The fourth-order valence-electron chi connectivity index (χ4n) is 4.62. The van der Waals surface area contributed by atoms with Crippen molar-refractivity contribution in [3.05, 3.63) is 18.0 Å². The third-order valence-corrected chi connectivity index (χ3v) is 6.72. The van der Waals surface area contributed by atoms with E-state index in [1.165, 1.54) is 25.7 Å². The maximum Gasteiger partial charge on any atom is 0.178 e. The summed E-state index contributed by atoms with van der Waals surface area (Å²) in [5.74, 6) is 2.55. The molecule has 0 spiro atoms. The highest BCUT2D eigenvalue weighted by atomic mass is 16.3. The predicted octanol–water partition coefficient (Wildman–Crippen LogP) is 1.82. The van der Waals surface area contributed by atoms with Crippen LogP contribution in [-0.4, -0.2) is 68.1 Å². The van der Waals surface area contributed by atoms with Gasteiger partial charge in [-0.15, -0.1) is 15.3 Å². The first-order valence-corrected chi connectivity index (χ1v) is 10.1. The average molecular weight is 356 g/mol. The molecule has 2 saturated carbocycles. The highest BCUT2D eigenvalue weighted by Gasteiger charge is 2.37. The van der Waals surface area contributed by atoms with Crippen LogP contribution in [0.4, 0.5) is 5.82 Å². The van der Waals surface area contributed by atoms with E-state index in [0.717, 1.165) is 49.6 Å². The van der Waals surface area contributed by atoms with E-state index in [0.29, 0.717) is 18.0 Å². The van der Waals surface area contributed by atoms with E-state index in [2.05, 4.69) is 33.1 Å². The number of rotatable bonds is 4. The topological polar surface area (TPSA) is 69.8 Å². The number of hydrogen-bond donors (Lipinski definition) is 1. The van der Waals surface area contributed by atoms with Crippen LogP contribution in [0.5, 0.6) is 0 Å². The third-order valence-electron chi connectivity index (χ3n) is 6.72. The molecule has 0 amide bonds. The molecule has 1 aliphatic heterocycles. The van der Waals surface area contributed by atoms with Crippen LogP contribution in [0.3, 0.4) is 0 Å². The molecule has 5 rings (SSSR count). The van der Waals surface area contributed by atoms with Crippen LogP contribution >= 0.6 is 0 Å². The van der Waals surface area contributed by atoms with Gasteiger partial charge >= 0.3 is 0 Å². The van der Waals surface area contributed by atoms with Gasteiger partial charge in [0.2, 0.25) is 0 Å².